The minimum absolute atomic E-state index is 0.148. The van der Waals surface area contributed by atoms with Crippen molar-refractivity contribution >= 4 is 17.9 Å². The van der Waals surface area contributed by atoms with Crippen molar-refractivity contribution in [3.8, 4) is 0 Å². The molecule has 0 unspecified atom stereocenters. The van der Waals surface area contributed by atoms with Crippen LogP contribution in [0.5, 0.6) is 0 Å². The first-order chi connectivity index (χ1) is 12.3. The molecule has 1 heterocycles. The molecule has 8 nitrogen and oxygen atoms in total. The predicted molar refractivity (Wildman–Crippen MR) is 90.9 cm³/mol. The van der Waals surface area contributed by atoms with Crippen molar-refractivity contribution in [3.63, 3.8) is 0 Å². The standard InChI is InChI=1S/C18H30O8/c1-5-8-12(19)24-15-11(4)23-18(22)17(26-14(21)10-7-3)16(15)25-13(20)9-6-2/h11,15-18,22H,5-10H2,1-4H3/t11-,15-,16+,17+,18-/m0/s1. The quantitative estimate of drug-likeness (QED) is 0.481. The zero-order valence-corrected chi connectivity index (χ0v) is 15.9. The molecule has 0 amide bonds. The second kappa shape index (κ2) is 11.1. The average molecular weight is 374 g/mol. The lowest BCUT2D eigenvalue weighted by Gasteiger charge is -2.42. The van der Waals surface area contributed by atoms with E-state index in [-0.39, 0.29) is 19.3 Å². The molecule has 0 aromatic carbocycles. The number of aliphatic hydroxyl groups excluding tert-OH is 1. The van der Waals surface area contributed by atoms with Crippen molar-refractivity contribution in [2.45, 2.75) is 96.9 Å². The van der Waals surface area contributed by atoms with Crippen molar-refractivity contribution in [3.05, 3.63) is 0 Å². The number of ether oxygens (including phenoxy) is 4. The molecule has 0 saturated carbocycles. The Kier molecular flexibility index (Phi) is 9.58. The lowest BCUT2D eigenvalue weighted by Crippen LogP contribution is -2.60. The first-order valence-electron chi connectivity index (χ1n) is 9.25. The number of rotatable bonds is 9. The summed E-state index contributed by atoms with van der Waals surface area (Å²) in [6.45, 7) is 7.06. The molecule has 1 N–H and O–H groups in total. The molecule has 0 aliphatic carbocycles. The Morgan fingerprint density at radius 1 is 0.769 bits per heavy atom. The molecular formula is C18H30O8. The third-order valence-electron chi connectivity index (χ3n) is 3.91. The predicted octanol–water partition coefficient (Wildman–Crippen LogP) is 1.86. The fourth-order valence-corrected chi connectivity index (χ4v) is 2.66. The van der Waals surface area contributed by atoms with Gasteiger partial charge in [-0.2, -0.15) is 0 Å². The topological polar surface area (TPSA) is 108 Å². The van der Waals surface area contributed by atoms with E-state index in [4.69, 9.17) is 18.9 Å². The molecule has 26 heavy (non-hydrogen) atoms. The second-order valence-electron chi connectivity index (χ2n) is 6.35. The summed E-state index contributed by atoms with van der Waals surface area (Å²) in [6.07, 6.45) is -3.34. The van der Waals surface area contributed by atoms with E-state index in [0.29, 0.717) is 19.3 Å². The molecule has 8 heteroatoms. The van der Waals surface area contributed by atoms with Crippen LogP contribution in [0.25, 0.3) is 0 Å². The van der Waals surface area contributed by atoms with Crippen LogP contribution in [0.2, 0.25) is 0 Å². The van der Waals surface area contributed by atoms with Crippen molar-refractivity contribution < 1.29 is 38.4 Å². The molecule has 5 atom stereocenters. The largest absolute Gasteiger partial charge is 0.455 e. The molecule has 1 fully saturated rings. The van der Waals surface area contributed by atoms with E-state index in [1.165, 1.54) is 0 Å². The van der Waals surface area contributed by atoms with E-state index < -0.39 is 48.6 Å². The summed E-state index contributed by atoms with van der Waals surface area (Å²) in [5.74, 6) is -1.55. The van der Waals surface area contributed by atoms with Crippen LogP contribution >= 0.6 is 0 Å². The van der Waals surface area contributed by atoms with Gasteiger partial charge in [0.1, 0.15) is 0 Å². The van der Waals surface area contributed by atoms with Crippen molar-refractivity contribution in [1.29, 1.82) is 0 Å². The molecule has 0 bridgehead atoms. The van der Waals surface area contributed by atoms with Gasteiger partial charge in [-0.25, -0.2) is 0 Å². The molecule has 0 radical (unpaired) electrons. The van der Waals surface area contributed by atoms with E-state index >= 15 is 0 Å². The number of carbonyl (C=O) groups is 3. The summed E-state index contributed by atoms with van der Waals surface area (Å²) in [5.41, 5.74) is 0. The zero-order valence-electron chi connectivity index (χ0n) is 15.9. The number of esters is 3. The Hall–Kier alpha value is -1.67. The van der Waals surface area contributed by atoms with E-state index in [9.17, 15) is 19.5 Å². The normalized spacial score (nSPS) is 28.3. The van der Waals surface area contributed by atoms with Gasteiger partial charge in [0, 0.05) is 19.3 Å². The SMILES string of the molecule is CCCC(=O)O[C@@H]1[C@@H](OC(=O)CCC)[C@H](C)O[C@H](O)[C@@H]1OC(=O)CCC. The highest BCUT2D eigenvalue weighted by Crippen LogP contribution is 2.28. The van der Waals surface area contributed by atoms with Crippen LogP contribution in [0.4, 0.5) is 0 Å². The van der Waals surface area contributed by atoms with Crippen LogP contribution in [0.15, 0.2) is 0 Å². The number of carbonyl (C=O) groups excluding carboxylic acids is 3. The smallest absolute Gasteiger partial charge is 0.306 e. The third-order valence-corrected chi connectivity index (χ3v) is 3.91. The maximum Gasteiger partial charge on any atom is 0.306 e. The summed E-state index contributed by atoms with van der Waals surface area (Å²) in [7, 11) is 0. The van der Waals surface area contributed by atoms with Gasteiger partial charge in [-0.3, -0.25) is 14.4 Å². The van der Waals surface area contributed by atoms with Crippen LogP contribution in [-0.4, -0.2) is 53.7 Å². The van der Waals surface area contributed by atoms with Crippen LogP contribution in [-0.2, 0) is 33.3 Å². The summed E-state index contributed by atoms with van der Waals surface area (Å²) < 4.78 is 21.5. The maximum atomic E-state index is 12.0. The van der Waals surface area contributed by atoms with Gasteiger partial charge in [-0.05, 0) is 26.2 Å². The Labute approximate surface area is 154 Å². The highest BCUT2D eigenvalue weighted by Gasteiger charge is 2.50. The van der Waals surface area contributed by atoms with E-state index in [1.54, 1.807) is 6.92 Å². The fourth-order valence-electron chi connectivity index (χ4n) is 2.66. The second-order valence-corrected chi connectivity index (χ2v) is 6.35. The lowest BCUT2D eigenvalue weighted by molar-refractivity contribution is -0.289. The van der Waals surface area contributed by atoms with Gasteiger partial charge in [0.05, 0.1) is 6.10 Å². The van der Waals surface area contributed by atoms with Gasteiger partial charge >= 0.3 is 17.9 Å². The van der Waals surface area contributed by atoms with Gasteiger partial charge in [0.2, 0.25) is 0 Å². The molecule has 0 spiro atoms. The minimum atomic E-state index is -1.48. The Morgan fingerprint density at radius 3 is 1.58 bits per heavy atom. The molecule has 0 aromatic rings. The first kappa shape index (κ1) is 22.4. The maximum absolute atomic E-state index is 12.0. The van der Waals surface area contributed by atoms with Crippen molar-refractivity contribution in [2.75, 3.05) is 0 Å². The van der Waals surface area contributed by atoms with Gasteiger partial charge in [0.15, 0.2) is 24.6 Å². The molecule has 1 aliphatic heterocycles. The Balaban J connectivity index is 3.03. The molecule has 150 valence electrons. The molecule has 1 rings (SSSR count). The third kappa shape index (κ3) is 6.57. The Bertz CT molecular complexity index is 446. The first-order valence-corrected chi connectivity index (χ1v) is 9.25. The van der Waals surface area contributed by atoms with Gasteiger partial charge in [-0.1, -0.05) is 20.8 Å². The van der Waals surface area contributed by atoms with Crippen LogP contribution < -0.4 is 0 Å². The van der Waals surface area contributed by atoms with E-state index in [0.717, 1.165) is 0 Å². The number of hydrogen-bond acceptors (Lipinski definition) is 8. The van der Waals surface area contributed by atoms with Crippen molar-refractivity contribution in [2.24, 2.45) is 0 Å². The molecule has 1 aliphatic rings. The summed E-state index contributed by atoms with van der Waals surface area (Å²) in [6, 6.07) is 0. The van der Waals surface area contributed by atoms with Gasteiger partial charge in [0.25, 0.3) is 0 Å². The number of hydrogen-bond donors (Lipinski definition) is 1. The van der Waals surface area contributed by atoms with Gasteiger partial charge in [-0.15, -0.1) is 0 Å². The number of aliphatic hydroxyl groups is 1. The van der Waals surface area contributed by atoms with Crippen LogP contribution in [0, 0.1) is 0 Å². The Morgan fingerprint density at radius 2 is 1.15 bits per heavy atom. The fraction of sp³-hybridized carbons (Fsp3) is 0.833. The monoisotopic (exact) mass is 374 g/mol. The molecule has 1 saturated heterocycles. The zero-order chi connectivity index (χ0) is 19.7. The van der Waals surface area contributed by atoms with Crippen LogP contribution in [0.1, 0.15) is 66.2 Å². The highest BCUT2D eigenvalue weighted by molar-refractivity contribution is 5.71. The molecular weight excluding hydrogens is 344 g/mol. The lowest BCUT2D eigenvalue weighted by atomic mass is 9.98. The summed E-state index contributed by atoms with van der Waals surface area (Å²) >= 11 is 0. The van der Waals surface area contributed by atoms with Crippen molar-refractivity contribution in [1.82, 2.24) is 0 Å². The average Bonchev–Trinajstić information content (AvgIpc) is 2.55. The van der Waals surface area contributed by atoms with Gasteiger partial charge < -0.3 is 24.1 Å². The highest BCUT2D eigenvalue weighted by atomic mass is 16.7. The summed E-state index contributed by atoms with van der Waals surface area (Å²) in [5, 5.41) is 10.2. The van der Waals surface area contributed by atoms with E-state index in [1.807, 2.05) is 20.8 Å². The summed E-state index contributed by atoms with van der Waals surface area (Å²) in [4.78, 5) is 35.8. The molecule has 0 aromatic heterocycles. The minimum Gasteiger partial charge on any atom is -0.455 e. The van der Waals surface area contributed by atoms with Crippen LogP contribution in [0.3, 0.4) is 0 Å². The van der Waals surface area contributed by atoms with E-state index in [2.05, 4.69) is 0 Å².